The van der Waals surface area contributed by atoms with E-state index in [-0.39, 0.29) is 11.5 Å². The van der Waals surface area contributed by atoms with E-state index in [4.69, 9.17) is 16.3 Å². The van der Waals surface area contributed by atoms with Crippen molar-refractivity contribution in [2.24, 2.45) is 0 Å². The minimum absolute atomic E-state index is 0.0101. The zero-order chi connectivity index (χ0) is 17.8. The van der Waals surface area contributed by atoms with E-state index in [2.05, 4.69) is 28.9 Å². The molecule has 0 radical (unpaired) electrons. The Hall–Kier alpha value is -1.40. The number of likely N-dealkylation sites (N-methyl/N-ethyl adjacent to an activating group) is 1. The van der Waals surface area contributed by atoms with E-state index in [1.54, 1.807) is 24.3 Å². The van der Waals surface area contributed by atoms with Gasteiger partial charge in [0.05, 0.1) is 16.6 Å². The van der Waals surface area contributed by atoms with Crippen LogP contribution < -0.4 is 5.43 Å². The molecule has 0 amide bonds. The van der Waals surface area contributed by atoms with Crippen molar-refractivity contribution in [3.63, 3.8) is 0 Å². The molecule has 0 unspecified atom stereocenters. The third-order valence-corrected chi connectivity index (χ3v) is 4.93. The lowest BCUT2D eigenvalue weighted by atomic mass is 10.1. The fourth-order valence-corrected chi connectivity index (χ4v) is 3.49. The number of pyridine rings is 1. The summed E-state index contributed by atoms with van der Waals surface area (Å²) in [5.74, 6) is 0. The second-order valence-corrected chi connectivity index (χ2v) is 7.40. The summed E-state index contributed by atoms with van der Waals surface area (Å²) in [4.78, 5) is 20.3. The summed E-state index contributed by atoms with van der Waals surface area (Å²) >= 11 is 6.27. The van der Waals surface area contributed by atoms with Crippen LogP contribution in [0.25, 0.3) is 10.9 Å². The molecule has 1 saturated heterocycles. The summed E-state index contributed by atoms with van der Waals surface area (Å²) in [6.07, 6.45) is 2.53. The lowest BCUT2D eigenvalue weighted by molar-refractivity contribution is 0.0679. The normalized spacial score (nSPS) is 17.9. The average Bonchev–Trinajstić information content (AvgIpc) is 3.07. The molecular formula is C19H26ClN3O2. The van der Waals surface area contributed by atoms with Gasteiger partial charge in [-0.1, -0.05) is 17.7 Å². The van der Waals surface area contributed by atoms with Crippen molar-refractivity contribution in [2.75, 3.05) is 40.3 Å². The Balaban J connectivity index is 1.80. The number of rotatable bonds is 7. The molecule has 2 aromatic rings. The van der Waals surface area contributed by atoms with Crippen molar-refractivity contribution in [1.82, 2.24) is 14.8 Å². The maximum absolute atomic E-state index is 12.4. The van der Waals surface area contributed by atoms with Crippen LogP contribution in [-0.4, -0.2) is 61.2 Å². The lowest BCUT2D eigenvalue weighted by Crippen LogP contribution is -2.37. The molecule has 1 aromatic heterocycles. The van der Waals surface area contributed by atoms with Crippen molar-refractivity contribution in [3.8, 4) is 0 Å². The Bertz CT molecular complexity index is 769. The van der Waals surface area contributed by atoms with Gasteiger partial charge >= 0.3 is 0 Å². The molecule has 0 bridgehead atoms. The van der Waals surface area contributed by atoms with Gasteiger partial charge in [-0.2, -0.15) is 0 Å². The third-order valence-electron chi connectivity index (χ3n) is 4.61. The van der Waals surface area contributed by atoms with Gasteiger partial charge < -0.3 is 14.6 Å². The van der Waals surface area contributed by atoms with Gasteiger partial charge in [0.25, 0.3) is 0 Å². The van der Waals surface area contributed by atoms with E-state index in [1.165, 1.54) is 0 Å². The van der Waals surface area contributed by atoms with Gasteiger partial charge in [0, 0.05) is 49.9 Å². The number of nitrogens with one attached hydrogen (secondary N) is 1. The number of hydrogen-bond donors (Lipinski definition) is 1. The van der Waals surface area contributed by atoms with Gasteiger partial charge in [-0.05, 0) is 39.1 Å². The molecule has 2 heterocycles. The Morgan fingerprint density at radius 1 is 1.32 bits per heavy atom. The number of benzene rings is 1. The van der Waals surface area contributed by atoms with Crippen molar-refractivity contribution in [1.29, 1.82) is 0 Å². The van der Waals surface area contributed by atoms with Crippen LogP contribution in [0.4, 0.5) is 0 Å². The smallest absolute Gasteiger partial charge is 0.189 e. The largest absolute Gasteiger partial charge is 0.377 e. The minimum atomic E-state index is 0.0101. The molecule has 1 aliphatic heterocycles. The van der Waals surface area contributed by atoms with E-state index in [1.807, 2.05) is 0 Å². The first-order chi connectivity index (χ1) is 12.0. The van der Waals surface area contributed by atoms with E-state index in [0.29, 0.717) is 17.0 Å². The fourth-order valence-electron chi connectivity index (χ4n) is 3.27. The SMILES string of the molecule is CN(C)CCN(Cc1cc(=O)c2cccc(Cl)c2[nH]1)C[C@H]1CCCO1. The maximum Gasteiger partial charge on any atom is 0.189 e. The first-order valence-electron chi connectivity index (χ1n) is 8.82. The molecule has 5 nitrogen and oxygen atoms in total. The Morgan fingerprint density at radius 3 is 2.88 bits per heavy atom. The highest BCUT2D eigenvalue weighted by Crippen LogP contribution is 2.20. The molecule has 1 atom stereocenters. The molecule has 3 rings (SSSR count). The van der Waals surface area contributed by atoms with Crippen LogP contribution in [0, 0.1) is 0 Å². The summed E-state index contributed by atoms with van der Waals surface area (Å²) in [6, 6.07) is 7.11. The summed E-state index contributed by atoms with van der Waals surface area (Å²) in [5, 5.41) is 1.21. The first-order valence-corrected chi connectivity index (χ1v) is 9.20. The molecule has 0 saturated carbocycles. The van der Waals surface area contributed by atoms with E-state index >= 15 is 0 Å². The maximum atomic E-state index is 12.4. The number of H-pyrrole nitrogens is 1. The van der Waals surface area contributed by atoms with E-state index in [9.17, 15) is 4.79 Å². The van der Waals surface area contributed by atoms with Crippen LogP contribution in [0.1, 0.15) is 18.5 Å². The molecule has 1 N–H and O–H groups in total. The monoisotopic (exact) mass is 363 g/mol. The molecule has 25 heavy (non-hydrogen) atoms. The topological polar surface area (TPSA) is 48.6 Å². The van der Waals surface area contributed by atoms with Crippen LogP contribution in [-0.2, 0) is 11.3 Å². The van der Waals surface area contributed by atoms with Crippen molar-refractivity contribution < 1.29 is 4.74 Å². The third kappa shape index (κ3) is 4.82. The van der Waals surface area contributed by atoms with Crippen LogP contribution in [0.15, 0.2) is 29.1 Å². The molecule has 6 heteroatoms. The molecule has 1 aliphatic rings. The van der Waals surface area contributed by atoms with Gasteiger partial charge in [0.15, 0.2) is 5.43 Å². The van der Waals surface area contributed by atoms with Gasteiger partial charge in [-0.3, -0.25) is 9.69 Å². The van der Waals surface area contributed by atoms with E-state index < -0.39 is 0 Å². The van der Waals surface area contributed by atoms with Crippen LogP contribution in [0.5, 0.6) is 0 Å². The average molecular weight is 364 g/mol. The van der Waals surface area contributed by atoms with Crippen LogP contribution in [0.3, 0.4) is 0 Å². The number of halogens is 1. The summed E-state index contributed by atoms with van der Waals surface area (Å²) < 4.78 is 5.79. The van der Waals surface area contributed by atoms with Gasteiger partial charge in [0.1, 0.15) is 0 Å². The summed E-state index contributed by atoms with van der Waals surface area (Å²) in [5.41, 5.74) is 1.62. The Kier molecular flexibility index (Phi) is 6.12. The molecule has 136 valence electrons. The van der Waals surface area contributed by atoms with Crippen molar-refractivity contribution in [2.45, 2.75) is 25.5 Å². The predicted octanol–water partition coefficient (Wildman–Crippen LogP) is 2.72. The molecule has 0 aliphatic carbocycles. The van der Waals surface area contributed by atoms with Gasteiger partial charge in [-0.15, -0.1) is 0 Å². The van der Waals surface area contributed by atoms with Gasteiger partial charge in [-0.25, -0.2) is 0 Å². The first kappa shape index (κ1) is 18.4. The zero-order valence-electron chi connectivity index (χ0n) is 14.9. The zero-order valence-corrected chi connectivity index (χ0v) is 15.7. The van der Waals surface area contributed by atoms with Crippen molar-refractivity contribution in [3.05, 3.63) is 45.2 Å². The minimum Gasteiger partial charge on any atom is -0.377 e. The molecule has 1 aromatic carbocycles. The Morgan fingerprint density at radius 2 is 2.16 bits per heavy atom. The number of hydrogen-bond acceptors (Lipinski definition) is 4. The number of para-hydroxylation sites is 1. The second-order valence-electron chi connectivity index (χ2n) is 6.99. The number of nitrogens with zero attached hydrogens (tertiary/aromatic N) is 2. The highest BCUT2D eigenvalue weighted by atomic mass is 35.5. The summed E-state index contributed by atoms with van der Waals surface area (Å²) in [7, 11) is 4.14. The molecule has 0 spiro atoms. The molecule has 1 fully saturated rings. The number of aromatic nitrogens is 1. The van der Waals surface area contributed by atoms with E-state index in [0.717, 1.165) is 50.3 Å². The highest BCUT2D eigenvalue weighted by Gasteiger charge is 2.20. The van der Waals surface area contributed by atoms with Gasteiger partial charge in [0.2, 0.25) is 0 Å². The lowest BCUT2D eigenvalue weighted by Gasteiger charge is -2.26. The standard InChI is InChI=1S/C19H26ClN3O2/c1-22(2)8-9-23(13-15-5-4-10-25-15)12-14-11-18(24)16-6-3-7-17(20)19(16)21-14/h3,6-7,11,15H,4-5,8-10,12-13H2,1-2H3,(H,21,24)/t15-/m1/s1. The van der Waals surface area contributed by atoms with Crippen LogP contribution in [0.2, 0.25) is 5.02 Å². The fraction of sp³-hybridized carbons (Fsp3) is 0.526. The molecular weight excluding hydrogens is 338 g/mol. The predicted molar refractivity (Wildman–Crippen MR) is 102 cm³/mol. The number of ether oxygens (including phenoxy) is 1. The van der Waals surface area contributed by atoms with Crippen molar-refractivity contribution >= 4 is 22.5 Å². The highest BCUT2D eigenvalue weighted by molar-refractivity contribution is 6.35. The van der Waals surface area contributed by atoms with Crippen LogP contribution >= 0.6 is 11.6 Å². The second kappa shape index (κ2) is 8.32. The quantitative estimate of drug-likeness (QED) is 0.821. The number of aromatic amines is 1. The summed E-state index contributed by atoms with van der Waals surface area (Å²) in [6.45, 7) is 4.32. The Labute approximate surface area is 153 Å². The number of fused-ring (bicyclic) bond motifs is 1.